The predicted octanol–water partition coefficient (Wildman–Crippen LogP) is 2.57. The molecule has 0 aliphatic carbocycles. The number of carbonyl (C=O) groups is 1. The fraction of sp³-hybridized carbons (Fsp3) is 0.647. The van der Waals surface area contributed by atoms with Crippen molar-refractivity contribution in [3.8, 4) is 0 Å². The van der Waals surface area contributed by atoms with Crippen molar-refractivity contribution in [2.45, 2.75) is 25.4 Å². The van der Waals surface area contributed by atoms with Crippen LogP contribution in [0.15, 0.2) is 18.3 Å². The largest absolute Gasteiger partial charge is 0.433 e. The van der Waals surface area contributed by atoms with Crippen LogP contribution in [0.25, 0.3) is 0 Å². The molecular weight excluding hydrogens is 335 g/mol. The zero-order valence-corrected chi connectivity index (χ0v) is 14.0. The van der Waals surface area contributed by atoms with Gasteiger partial charge >= 0.3 is 6.18 Å². The van der Waals surface area contributed by atoms with E-state index in [2.05, 4.69) is 4.98 Å². The number of morpholine rings is 1. The maximum absolute atomic E-state index is 12.8. The molecule has 2 aliphatic rings. The van der Waals surface area contributed by atoms with Crippen LogP contribution in [-0.2, 0) is 15.7 Å². The first-order chi connectivity index (χ1) is 11.9. The van der Waals surface area contributed by atoms with Crippen LogP contribution in [0, 0.1) is 5.92 Å². The Kier molecular flexibility index (Phi) is 5.46. The van der Waals surface area contributed by atoms with Crippen LogP contribution in [0.5, 0.6) is 0 Å². The minimum Gasteiger partial charge on any atom is -0.378 e. The summed E-state index contributed by atoms with van der Waals surface area (Å²) >= 11 is 0. The van der Waals surface area contributed by atoms with Gasteiger partial charge in [0.15, 0.2) is 0 Å². The number of halogens is 3. The molecule has 0 spiro atoms. The van der Waals surface area contributed by atoms with Crippen molar-refractivity contribution in [3.05, 3.63) is 24.0 Å². The van der Waals surface area contributed by atoms with Gasteiger partial charge in [-0.1, -0.05) is 0 Å². The SMILES string of the molecule is O=C(CC1CCN(c2ccnc(C(F)(F)F)c2)CC1)N1CCOCC1. The van der Waals surface area contributed by atoms with E-state index < -0.39 is 11.9 Å². The van der Waals surface area contributed by atoms with Gasteiger partial charge in [-0.3, -0.25) is 9.78 Å². The molecular formula is C17H22F3N3O2. The second kappa shape index (κ2) is 7.59. The maximum Gasteiger partial charge on any atom is 0.433 e. The van der Waals surface area contributed by atoms with Crippen LogP contribution in [0.1, 0.15) is 25.0 Å². The highest BCUT2D eigenvalue weighted by molar-refractivity contribution is 5.76. The van der Waals surface area contributed by atoms with Crippen molar-refractivity contribution < 1.29 is 22.7 Å². The van der Waals surface area contributed by atoms with Gasteiger partial charge in [0, 0.05) is 44.5 Å². The summed E-state index contributed by atoms with van der Waals surface area (Å²) in [6.45, 7) is 3.79. The fourth-order valence-corrected chi connectivity index (χ4v) is 3.36. The average molecular weight is 357 g/mol. The lowest BCUT2D eigenvalue weighted by Gasteiger charge is -2.35. The molecule has 0 unspecified atom stereocenters. The Bertz CT molecular complexity index is 595. The van der Waals surface area contributed by atoms with E-state index in [1.54, 1.807) is 6.07 Å². The molecule has 1 aromatic heterocycles. The third-order valence-electron chi connectivity index (χ3n) is 4.84. The van der Waals surface area contributed by atoms with E-state index in [4.69, 9.17) is 4.74 Å². The zero-order valence-electron chi connectivity index (χ0n) is 14.0. The summed E-state index contributed by atoms with van der Waals surface area (Å²) in [6.07, 6.45) is -1.11. The lowest BCUT2D eigenvalue weighted by molar-refractivity contribution is -0.141. The molecule has 0 N–H and O–H groups in total. The Balaban J connectivity index is 1.52. The van der Waals surface area contributed by atoms with Crippen molar-refractivity contribution in [2.75, 3.05) is 44.3 Å². The van der Waals surface area contributed by atoms with E-state index in [0.29, 0.717) is 51.5 Å². The molecule has 0 radical (unpaired) electrons. The third kappa shape index (κ3) is 4.62. The van der Waals surface area contributed by atoms with Crippen molar-refractivity contribution in [1.82, 2.24) is 9.88 Å². The summed E-state index contributed by atoms with van der Waals surface area (Å²) in [7, 11) is 0. The first kappa shape index (κ1) is 18.0. The molecule has 0 aromatic carbocycles. The van der Waals surface area contributed by atoms with Crippen molar-refractivity contribution in [2.24, 2.45) is 5.92 Å². The van der Waals surface area contributed by atoms with E-state index in [1.807, 2.05) is 9.80 Å². The lowest BCUT2D eigenvalue weighted by atomic mass is 9.92. The molecule has 0 saturated carbocycles. The summed E-state index contributed by atoms with van der Waals surface area (Å²) in [5.74, 6) is 0.445. The quantitative estimate of drug-likeness (QED) is 0.834. The molecule has 1 amide bonds. The van der Waals surface area contributed by atoms with Crippen LogP contribution in [0.2, 0.25) is 0 Å². The molecule has 0 bridgehead atoms. The highest BCUT2D eigenvalue weighted by Crippen LogP contribution is 2.31. The molecule has 138 valence electrons. The van der Waals surface area contributed by atoms with Gasteiger partial charge < -0.3 is 14.5 Å². The molecule has 2 saturated heterocycles. The van der Waals surface area contributed by atoms with Gasteiger partial charge in [0.05, 0.1) is 13.2 Å². The molecule has 0 atom stereocenters. The van der Waals surface area contributed by atoms with Gasteiger partial charge in [0.1, 0.15) is 5.69 Å². The first-order valence-corrected chi connectivity index (χ1v) is 8.57. The van der Waals surface area contributed by atoms with Crippen LogP contribution in [0.4, 0.5) is 18.9 Å². The standard InChI is InChI=1S/C17H22F3N3O2/c18-17(19,20)15-12-14(1-4-21-15)22-5-2-13(3-6-22)11-16(24)23-7-9-25-10-8-23/h1,4,12-13H,2-3,5-11H2. The number of hydrogen-bond donors (Lipinski definition) is 0. The number of piperidine rings is 1. The topological polar surface area (TPSA) is 45.7 Å². The fourth-order valence-electron chi connectivity index (χ4n) is 3.36. The van der Waals surface area contributed by atoms with E-state index in [0.717, 1.165) is 18.9 Å². The van der Waals surface area contributed by atoms with Crippen LogP contribution < -0.4 is 4.90 Å². The molecule has 2 fully saturated rings. The van der Waals surface area contributed by atoms with Gasteiger partial charge in [-0.15, -0.1) is 0 Å². The molecule has 3 rings (SSSR count). The number of ether oxygens (including phenoxy) is 1. The minimum absolute atomic E-state index is 0.157. The average Bonchev–Trinajstić information content (AvgIpc) is 2.62. The second-order valence-electron chi connectivity index (χ2n) is 6.52. The number of aromatic nitrogens is 1. The molecule has 3 heterocycles. The molecule has 8 heteroatoms. The van der Waals surface area contributed by atoms with E-state index in [-0.39, 0.29) is 11.8 Å². The summed E-state index contributed by atoms with van der Waals surface area (Å²) in [4.78, 5) is 19.5. The Labute approximate surface area is 144 Å². The van der Waals surface area contributed by atoms with Crippen molar-refractivity contribution >= 4 is 11.6 Å². The molecule has 1 aromatic rings. The number of nitrogens with zero attached hydrogens (tertiary/aromatic N) is 3. The number of anilines is 1. The van der Waals surface area contributed by atoms with E-state index >= 15 is 0 Å². The minimum atomic E-state index is -4.43. The van der Waals surface area contributed by atoms with Crippen LogP contribution in [0.3, 0.4) is 0 Å². The predicted molar refractivity (Wildman–Crippen MR) is 86.2 cm³/mol. The van der Waals surface area contributed by atoms with Crippen molar-refractivity contribution in [1.29, 1.82) is 0 Å². The van der Waals surface area contributed by atoms with Gasteiger partial charge in [0.25, 0.3) is 0 Å². The lowest BCUT2D eigenvalue weighted by Crippen LogP contribution is -2.42. The summed E-state index contributed by atoms with van der Waals surface area (Å²) in [6, 6.07) is 2.70. The maximum atomic E-state index is 12.8. The summed E-state index contributed by atoms with van der Waals surface area (Å²) in [5.41, 5.74) is -0.324. The monoisotopic (exact) mass is 357 g/mol. The number of carbonyl (C=O) groups excluding carboxylic acids is 1. The Morgan fingerprint density at radius 1 is 1.20 bits per heavy atom. The third-order valence-corrected chi connectivity index (χ3v) is 4.84. The van der Waals surface area contributed by atoms with E-state index in [1.165, 1.54) is 6.20 Å². The molecule has 5 nitrogen and oxygen atoms in total. The van der Waals surface area contributed by atoms with Crippen molar-refractivity contribution in [3.63, 3.8) is 0 Å². The second-order valence-corrected chi connectivity index (χ2v) is 6.52. The van der Waals surface area contributed by atoms with Gasteiger partial charge in [0.2, 0.25) is 5.91 Å². The van der Waals surface area contributed by atoms with Crippen LogP contribution >= 0.6 is 0 Å². The van der Waals surface area contributed by atoms with Crippen LogP contribution in [-0.4, -0.2) is 55.2 Å². The smallest absolute Gasteiger partial charge is 0.378 e. The van der Waals surface area contributed by atoms with Gasteiger partial charge in [-0.05, 0) is 30.9 Å². The van der Waals surface area contributed by atoms with Gasteiger partial charge in [-0.2, -0.15) is 13.2 Å². The Morgan fingerprint density at radius 2 is 1.88 bits per heavy atom. The zero-order chi connectivity index (χ0) is 17.9. The normalized spacial score (nSPS) is 20.0. The highest BCUT2D eigenvalue weighted by Gasteiger charge is 2.33. The summed E-state index contributed by atoms with van der Waals surface area (Å²) in [5, 5.41) is 0. The van der Waals surface area contributed by atoms with E-state index in [9.17, 15) is 18.0 Å². The summed E-state index contributed by atoms with van der Waals surface area (Å²) < 4.78 is 43.6. The number of pyridine rings is 1. The number of hydrogen-bond acceptors (Lipinski definition) is 4. The molecule has 2 aliphatic heterocycles. The highest BCUT2D eigenvalue weighted by atomic mass is 19.4. The Morgan fingerprint density at radius 3 is 2.52 bits per heavy atom. The number of rotatable bonds is 3. The number of alkyl halides is 3. The number of amides is 1. The Hall–Kier alpha value is -1.83. The van der Waals surface area contributed by atoms with Gasteiger partial charge in [-0.25, -0.2) is 0 Å². The first-order valence-electron chi connectivity index (χ1n) is 8.57. The molecule has 25 heavy (non-hydrogen) atoms.